The monoisotopic (exact) mass is 437 g/mol. The molecule has 4 rings (SSSR count). The average Bonchev–Trinajstić information content (AvgIpc) is 3.20. The van der Waals surface area contributed by atoms with Crippen molar-refractivity contribution in [1.82, 2.24) is 15.8 Å². The van der Waals surface area contributed by atoms with Crippen LogP contribution in [-0.2, 0) is 29.9 Å². The summed E-state index contributed by atoms with van der Waals surface area (Å²) in [4.78, 5) is 14.6. The van der Waals surface area contributed by atoms with Gasteiger partial charge in [0, 0.05) is 35.0 Å². The number of amides is 1. The third-order valence-electron chi connectivity index (χ3n) is 5.24. The Kier molecular flexibility index (Phi) is 8.76. The van der Waals surface area contributed by atoms with E-state index in [2.05, 4.69) is 28.5 Å². The van der Waals surface area contributed by atoms with Crippen LogP contribution >= 0.6 is 11.8 Å². The van der Waals surface area contributed by atoms with Crippen molar-refractivity contribution in [2.45, 2.75) is 39.0 Å². The standard InChI is InChI=1S/C23H25N3O2S.C2H6/c27-23(26-28)8-6-16-1-3-18(4-2-16)14-24-11-9-17-5-7-19-20-10-12-29-15-22(20)25-21(19)13-17;1-2/h1-8,13,24-25,28H,9-12,14-15H2,(H,26,27);1-2H3/b8-6+;. The molecule has 0 radical (unpaired) electrons. The molecule has 2 aromatic carbocycles. The van der Waals surface area contributed by atoms with Gasteiger partial charge in [-0.2, -0.15) is 11.8 Å². The maximum atomic E-state index is 11.0. The van der Waals surface area contributed by atoms with E-state index in [1.165, 1.54) is 51.5 Å². The van der Waals surface area contributed by atoms with Crippen molar-refractivity contribution >= 4 is 34.6 Å². The number of hydrogen-bond donors (Lipinski definition) is 4. The van der Waals surface area contributed by atoms with E-state index >= 15 is 0 Å². The van der Waals surface area contributed by atoms with E-state index in [9.17, 15) is 4.79 Å². The van der Waals surface area contributed by atoms with Crippen LogP contribution in [0.5, 0.6) is 0 Å². The average molecular weight is 438 g/mol. The number of hydroxylamine groups is 1. The van der Waals surface area contributed by atoms with Crippen LogP contribution in [0.1, 0.15) is 41.8 Å². The first-order chi connectivity index (χ1) is 15.2. The molecular weight excluding hydrogens is 406 g/mol. The Morgan fingerprint density at radius 3 is 2.71 bits per heavy atom. The molecule has 3 aromatic rings. The maximum Gasteiger partial charge on any atom is 0.267 e. The summed E-state index contributed by atoms with van der Waals surface area (Å²) in [5.41, 5.74) is 9.22. The highest BCUT2D eigenvalue weighted by Gasteiger charge is 2.15. The molecule has 0 spiro atoms. The topological polar surface area (TPSA) is 77.2 Å². The van der Waals surface area contributed by atoms with E-state index in [0.29, 0.717) is 0 Å². The van der Waals surface area contributed by atoms with Gasteiger partial charge in [0.05, 0.1) is 0 Å². The van der Waals surface area contributed by atoms with Crippen molar-refractivity contribution in [1.29, 1.82) is 0 Å². The molecule has 0 bridgehead atoms. The fraction of sp³-hybridized carbons (Fsp3) is 0.320. The van der Waals surface area contributed by atoms with Gasteiger partial charge in [-0.1, -0.05) is 50.2 Å². The van der Waals surface area contributed by atoms with E-state index in [0.717, 1.165) is 30.8 Å². The predicted octanol–water partition coefficient (Wildman–Crippen LogP) is 4.83. The number of hydrogen-bond acceptors (Lipinski definition) is 4. The number of fused-ring (bicyclic) bond motifs is 3. The van der Waals surface area contributed by atoms with Crippen LogP contribution in [0.3, 0.4) is 0 Å². The smallest absolute Gasteiger partial charge is 0.267 e. The number of carbonyl (C=O) groups is 1. The third kappa shape index (κ3) is 6.23. The van der Waals surface area contributed by atoms with Crippen molar-refractivity contribution < 1.29 is 10.0 Å². The van der Waals surface area contributed by atoms with Crippen LogP contribution in [0.4, 0.5) is 0 Å². The van der Waals surface area contributed by atoms with E-state index < -0.39 is 5.91 Å². The van der Waals surface area contributed by atoms with Gasteiger partial charge < -0.3 is 10.3 Å². The fourth-order valence-electron chi connectivity index (χ4n) is 3.69. The lowest BCUT2D eigenvalue weighted by Crippen LogP contribution is -2.16. The summed E-state index contributed by atoms with van der Waals surface area (Å²) in [7, 11) is 0. The molecule has 1 aromatic heterocycles. The molecule has 1 aliphatic heterocycles. The summed E-state index contributed by atoms with van der Waals surface area (Å²) in [5, 5.41) is 13.4. The first kappa shape index (κ1) is 23.1. The predicted molar refractivity (Wildman–Crippen MR) is 130 cm³/mol. The number of aromatic amines is 1. The van der Waals surface area contributed by atoms with Crippen LogP contribution in [0, 0.1) is 0 Å². The Hall–Kier alpha value is -2.54. The van der Waals surface area contributed by atoms with Gasteiger partial charge in [0.25, 0.3) is 5.91 Å². The first-order valence-electron chi connectivity index (χ1n) is 10.8. The quantitative estimate of drug-likeness (QED) is 0.185. The number of benzene rings is 2. The minimum Gasteiger partial charge on any atom is -0.357 e. The number of aromatic nitrogens is 1. The zero-order chi connectivity index (χ0) is 22.1. The Morgan fingerprint density at radius 2 is 1.94 bits per heavy atom. The molecule has 4 N–H and O–H groups in total. The SMILES string of the molecule is CC.O=C(/C=C/c1ccc(CNCCc2ccc3c4c([nH]c3c2)CSCC4)cc1)NO. The lowest BCUT2D eigenvalue weighted by atomic mass is 10.1. The van der Waals surface area contributed by atoms with Crippen LogP contribution < -0.4 is 10.8 Å². The van der Waals surface area contributed by atoms with Crippen LogP contribution in [0.2, 0.25) is 0 Å². The molecule has 164 valence electrons. The van der Waals surface area contributed by atoms with Crippen molar-refractivity contribution in [2.24, 2.45) is 0 Å². The van der Waals surface area contributed by atoms with Crippen molar-refractivity contribution in [3.63, 3.8) is 0 Å². The molecule has 6 heteroatoms. The number of aryl methyl sites for hydroxylation is 1. The number of nitrogens with one attached hydrogen (secondary N) is 3. The van der Waals surface area contributed by atoms with Crippen molar-refractivity contribution in [3.8, 4) is 0 Å². The molecule has 5 nitrogen and oxygen atoms in total. The van der Waals surface area contributed by atoms with Gasteiger partial charge >= 0.3 is 0 Å². The van der Waals surface area contributed by atoms with Gasteiger partial charge in [-0.3, -0.25) is 10.0 Å². The highest BCUT2D eigenvalue weighted by Crippen LogP contribution is 2.31. The Morgan fingerprint density at radius 1 is 1.16 bits per heavy atom. The fourth-order valence-corrected chi connectivity index (χ4v) is 4.64. The number of thioether (sulfide) groups is 1. The van der Waals surface area contributed by atoms with Crippen LogP contribution in [0.25, 0.3) is 17.0 Å². The van der Waals surface area contributed by atoms with Gasteiger partial charge in [0.2, 0.25) is 0 Å². The van der Waals surface area contributed by atoms with E-state index in [1.54, 1.807) is 11.6 Å². The zero-order valence-corrected chi connectivity index (χ0v) is 19.0. The Bertz CT molecular complexity index is 1030. The zero-order valence-electron chi connectivity index (χ0n) is 18.2. The van der Waals surface area contributed by atoms with E-state index in [4.69, 9.17) is 5.21 Å². The molecule has 0 fully saturated rings. The second-order valence-corrected chi connectivity index (χ2v) is 8.35. The number of rotatable bonds is 7. The summed E-state index contributed by atoms with van der Waals surface area (Å²) in [6, 6.07) is 14.8. The molecule has 2 heterocycles. The molecule has 0 atom stereocenters. The minimum absolute atomic E-state index is 0.535. The Balaban J connectivity index is 0.00000132. The van der Waals surface area contributed by atoms with Crippen LogP contribution in [-0.4, -0.2) is 28.4 Å². The highest BCUT2D eigenvalue weighted by atomic mass is 32.2. The van der Waals surface area contributed by atoms with E-state index in [-0.39, 0.29) is 0 Å². The van der Waals surface area contributed by atoms with Gasteiger partial charge in [0.15, 0.2) is 0 Å². The molecule has 1 amide bonds. The molecular formula is C25H31N3O2S. The largest absolute Gasteiger partial charge is 0.357 e. The van der Waals surface area contributed by atoms with E-state index in [1.807, 2.05) is 49.9 Å². The van der Waals surface area contributed by atoms with Gasteiger partial charge in [-0.05, 0) is 59.5 Å². The second kappa shape index (κ2) is 11.7. The van der Waals surface area contributed by atoms with Gasteiger partial charge in [-0.15, -0.1) is 0 Å². The summed E-state index contributed by atoms with van der Waals surface area (Å²) in [6.45, 7) is 5.72. The molecule has 31 heavy (non-hydrogen) atoms. The number of carbonyl (C=O) groups excluding carboxylic acids is 1. The lowest BCUT2D eigenvalue weighted by Gasteiger charge is -2.10. The maximum absolute atomic E-state index is 11.0. The van der Waals surface area contributed by atoms with Crippen molar-refractivity contribution in [3.05, 3.63) is 76.5 Å². The number of H-pyrrole nitrogens is 1. The molecule has 1 aliphatic rings. The first-order valence-corrected chi connectivity index (χ1v) is 12.0. The molecule has 0 saturated carbocycles. The highest BCUT2D eigenvalue weighted by molar-refractivity contribution is 7.98. The normalized spacial score (nSPS) is 13.0. The van der Waals surface area contributed by atoms with Crippen molar-refractivity contribution in [2.75, 3.05) is 12.3 Å². The minimum atomic E-state index is -0.535. The molecule has 0 unspecified atom stereocenters. The Labute approximate surface area is 188 Å². The lowest BCUT2D eigenvalue weighted by molar-refractivity contribution is -0.124. The summed E-state index contributed by atoms with van der Waals surface area (Å²) in [6.07, 6.45) is 5.12. The third-order valence-corrected chi connectivity index (χ3v) is 6.22. The summed E-state index contributed by atoms with van der Waals surface area (Å²) in [5.74, 6) is 1.79. The van der Waals surface area contributed by atoms with Gasteiger partial charge in [-0.25, -0.2) is 5.48 Å². The summed E-state index contributed by atoms with van der Waals surface area (Å²) >= 11 is 2.00. The van der Waals surface area contributed by atoms with Crippen LogP contribution in [0.15, 0.2) is 48.5 Å². The van der Waals surface area contributed by atoms with Gasteiger partial charge in [0.1, 0.15) is 0 Å². The molecule has 0 aliphatic carbocycles. The second-order valence-electron chi connectivity index (χ2n) is 7.24. The molecule has 0 saturated heterocycles. The summed E-state index contributed by atoms with van der Waals surface area (Å²) < 4.78 is 0.